The Labute approximate surface area is 283 Å². The summed E-state index contributed by atoms with van der Waals surface area (Å²) in [5, 5.41) is 31.3. The van der Waals surface area contributed by atoms with E-state index in [1.165, 1.54) is 24.2 Å². The summed E-state index contributed by atoms with van der Waals surface area (Å²) in [6.07, 6.45) is 7.36. The molecule has 0 spiro atoms. The van der Waals surface area contributed by atoms with Gasteiger partial charge in [-0.2, -0.15) is 0 Å². The van der Waals surface area contributed by atoms with Crippen molar-refractivity contribution < 1.29 is 44.0 Å². The molecule has 3 unspecified atom stereocenters. The van der Waals surface area contributed by atoms with Gasteiger partial charge in [-0.25, -0.2) is 0 Å². The lowest BCUT2D eigenvalue weighted by atomic mass is 9.58. The Morgan fingerprint density at radius 1 is 0.787 bits per heavy atom. The quantitative estimate of drug-likeness (QED) is 0.0618. The number of ether oxygens (including phenoxy) is 1. The van der Waals surface area contributed by atoms with Crippen molar-refractivity contribution in [2.24, 2.45) is 22.2 Å². The van der Waals surface area contributed by atoms with Gasteiger partial charge in [0.25, 0.3) is 0 Å². The van der Waals surface area contributed by atoms with E-state index in [4.69, 9.17) is 14.9 Å². The molecule has 47 heavy (non-hydrogen) atoms. The van der Waals surface area contributed by atoms with E-state index in [2.05, 4.69) is 33.0 Å². The minimum Gasteiger partial charge on any atom is -0.481 e. The van der Waals surface area contributed by atoms with Crippen molar-refractivity contribution >= 4 is 29.7 Å². The average Bonchev–Trinajstić information content (AvgIpc) is 2.97. The van der Waals surface area contributed by atoms with E-state index >= 15 is 0 Å². The van der Waals surface area contributed by atoms with Crippen LogP contribution in [-0.2, 0) is 28.7 Å². The molecule has 0 aromatic heterocycles. The highest BCUT2D eigenvalue weighted by molar-refractivity contribution is 5.81. The number of amides is 2. The molecule has 0 saturated heterocycles. The van der Waals surface area contributed by atoms with Crippen LogP contribution in [0.4, 0.5) is 0 Å². The third-order valence-electron chi connectivity index (χ3n) is 9.73. The van der Waals surface area contributed by atoms with Crippen molar-refractivity contribution in [3.8, 4) is 0 Å². The monoisotopic (exact) mass is 670 g/mol. The highest BCUT2D eigenvalue weighted by Crippen LogP contribution is 2.50. The zero-order valence-electron chi connectivity index (χ0n) is 30.6. The first kappa shape index (κ1) is 44.3. The Bertz CT molecular complexity index is 976. The minimum atomic E-state index is -1.14. The average molecular weight is 671 g/mol. The van der Waals surface area contributed by atoms with E-state index in [-0.39, 0.29) is 56.1 Å². The van der Waals surface area contributed by atoms with E-state index in [0.717, 1.165) is 25.7 Å². The zero-order chi connectivity index (χ0) is 36.3. The smallest absolute Gasteiger partial charge is 0.312 e. The van der Waals surface area contributed by atoms with Crippen molar-refractivity contribution in [1.82, 2.24) is 10.2 Å². The third-order valence-corrected chi connectivity index (χ3v) is 9.73. The minimum absolute atomic E-state index is 0.0633. The highest BCUT2D eigenvalue weighted by Gasteiger charge is 2.49. The first-order valence-electron chi connectivity index (χ1n) is 17.6. The number of nitrogens with one attached hydrogen (secondary N) is 1. The summed E-state index contributed by atoms with van der Waals surface area (Å²) in [5.74, 6) is -2.78. The van der Waals surface area contributed by atoms with Crippen LogP contribution in [0.3, 0.4) is 0 Å². The number of carbonyl (C=O) groups is 5. The van der Waals surface area contributed by atoms with Gasteiger partial charge < -0.3 is 30.3 Å². The number of aliphatic hydroxyl groups excluding tert-OH is 1. The Hall–Kier alpha value is -2.69. The number of aliphatic carboxylic acids is 2. The second-order valence-corrected chi connectivity index (χ2v) is 15.1. The van der Waals surface area contributed by atoms with Crippen molar-refractivity contribution in [2.45, 2.75) is 151 Å². The number of carbonyl (C=O) groups excluding carboxylic acids is 3. The van der Waals surface area contributed by atoms with E-state index in [0.29, 0.717) is 38.3 Å². The fourth-order valence-electron chi connectivity index (χ4n) is 5.64. The van der Waals surface area contributed by atoms with E-state index in [9.17, 15) is 29.1 Å². The molecule has 0 radical (unpaired) electrons. The van der Waals surface area contributed by atoms with Crippen LogP contribution in [-0.4, -0.2) is 82.3 Å². The van der Waals surface area contributed by atoms with E-state index in [1.54, 1.807) is 0 Å². The summed E-state index contributed by atoms with van der Waals surface area (Å²) in [4.78, 5) is 61.2. The van der Waals surface area contributed by atoms with Crippen LogP contribution >= 0.6 is 0 Å². The molecule has 0 fully saturated rings. The van der Waals surface area contributed by atoms with Crippen molar-refractivity contribution in [1.29, 1.82) is 0 Å². The topological polar surface area (TPSA) is 171 Å². The summed E-state index contributed by atoms with van der Waals surface area (Å²) < 4.78 is 5.74. The lowest BCUT2D eigenvalue weighted by Gasteiger charge is -2.46. The van der Waals surface area contributed by atoms with Gasteiger partial charge in [-0.05, 0) is 42.9 Å². The molecule has 0 aromatic rings. The maximum atomic E-state index is 13.7. The predicted octanol–water partition coefficient (Wildman–Crippen LogP) is 6.20. The van der Waals surface area contributed by atoms with Crippen molar-refractivity contribution in [3.63, 3.8) is 0 Å². The van der Waals surface area contributed by atoms with Gasteiger partial charge in [0, 0.05) is 32.5 Å². The number of hydrogen-bond acceptors (Lipinski definition) is 7. The fourth-order valence-corrected chi connectivity index (χ4v) is 5.64. The highest BCUT2D eigenvalue weighted by atomic mass is 16.5. The van der Waals surface area contributed by atoms with Gasteiger partial charge in [0.1, 0.15) is 12.7 Å². The number of carboxylic acids is 2. The zero-order valence-corrected chi connectivity index (χ0v) is 30.6. The number of carboxylic acid groups (broad SMARTS) is 2. The fraction of sp³-hybridized carbons (Fsp3) is 0.861. The molecule has 11 nitrogen and oxygen atoms in total. The van der Waals surface area contributed by atoms with Gasteiger partial charge >= 0.3 is 17.9 Å². The van der Waals surface area contributed by atoms with Gasteiger partial charge in [0.15, 0.2) is 0 Å². The summed E-state index contributed by atoms with van der Waals surface area (Å²) in [5.41, 5.74) is -1.35. The van der Waals surface area contributed by atoms with Crippen LogP contribution in [0, 0.1) is 22.2 Å². The molecule has 0 rings (SSSR count). The van der Waals surface area contributed by atoms with Gasteiger partial charge in [-0.1, -0.05) is 93.4 Å². The Morgan fingerprint density at radius 3 is 1.94 bits per heavy atom. The molecule has 274 valence electrons. The molecule has 0 aromatic carbocycles. The molecule has 0 aliphatic rings. The Morgan fingerprint density at radius 2 is 1.36 bits per heavy atom. The van der Waals surface area contributed by atoms with E-state index < -0.39 is 34.8 Å². The number of unbranched alkanes of at least 4 members (excludes halogenated alkanes) is 6. The second-order valence-electron chi connectivity index (χ2n) is 15.1. The van der Waals surface area contributed by atoms with Crippen LogP contribution in [0.15, 0.2) is 0 Å². The summed E-state index contributed by atoms with van der Waals surface area (Å²) in [6, 6.07) is 0. The van der Waals surface area contributed by atoms with Crippen molar-refractivity contribution in [3.05, 3.63) is 0 Å². The van der Waals surface area contributed by atoms with Crippen LogP contribution < -0.4 is 5.32 Å². The van der Waals surface area contributed by atoms with Crippen LogP contribution in [0.1, 0.15) is 145 Å². The summed E-state index contributed by atoms with van der Waals surface area (Å²) >= 11 is 0. The van der Waals surface area contributed by atoms with E-state index in [1.807, 2.05) is 27.7 Å². The molecule has 11 heteroatoms. The maximum absolute atomic E-state index is 13.7. The van der Waals surface area contributed by atoms with Crippen LogP contribution in [0.2, 0.25) is 0 Å². The third kappa shape index (κ3) is 18.4. The maximum Gasteiger partial charge on any atom is 0.312 e. The number of esters is 1. The summed E-state index contributed by atoms with van der Waals surface area (Å²) in [7, 11) is 0. The molecule has 3 atom stereocenters. The number of hydrogen-bond donors (Lipinski definition) is 4. The molecular weight excluding hydrogens is 604 g/mol. The SMILES string of the molecule is CCCCCCC(C)C(C)(C)CC(C)(C(=O)OCC(O)CN(CCCCCCNC(=O)CCC(=O)O)C(=O)CCC(=O)O)C(C)(C)C. The van der Waals surface area contributed by atoms with Gasteiger partial charge in [-0.15, -0.1) is 0 Å². The molecule has 0 saturated carbocycles. The molecule has 0 aliphatic heterocycles. The van der Waals surface area contributed by atoms with Gasteiger partial charge in [0.2, 0.25) is 11.8 Å². The first-order valence-corrected chi connectivity index (χ1v) is 17.6. The largest absolute Gasteiger partial charge is 0.481 e. The van der Waals surface area contributed by atoms with Crippen LogP contribution in [0.25, 0.3) is 0 Å². The first-order chi connectivity index (χ1) is 21.8. The molecule has 0 heterocycles. The lowest BCUT2D eigenvalue weighted by molar-refractivity contribution is -0.169. The molecule has 0 bridgehead atoms. The van der Waals surface area contributed by atoms with Crippen molar-refractivity contribution in [2.75, 3.05) is 26.2 Å². The van der Waals surface area contributed by atoms with Crippen LogP contribution in [0.5, 0.6) is 0 Å². The normalized spacial score (nSPS) is 14.5. The lowest BCUT2D eigenvalue weighted by Crippen LogP contribution is -2.47. The molecular formula is C36H66N2O9. The predicted molar refractivity (Wildman–Crippen MR) is 183 cm³/mol. The Balaban J connectivity index is 5.19. The second kappa shape index (κ2) is 22.0. The molecule has 4 N–H and O–H groups in total. The van der Waals surface area contributed by atoms with Gasteiger partial charge in [-0.3, -0.25) is 24.0 Å². The molecule has 0 aliphatic carbocycles. The Kier molecular flexibility index (Phi) is 20.8. The summed E-state index contributed by atoms with van der Waals surface area (Å²) in [6.45, 7) is 17.3. The number of nitrogens with zero attached hydrogens (tertiary/aromatic N) is 1. The number of aliphatic hydroxyl groups is 1. The molecule has 2 amide bonds. The number of rotatable bonds is 26. The van der Waals surface area contributed by atoms with Gasteiger partial charge in [0.05, 0.1) is 18.3 Å². The standard InChI is InChI=1S/C36H66N2O9/c1-9-10-11-14-17-27(2)35(6,7)26-36(8,34(3,4)5)33(46)47-25-28(39)24-38(30(41)19-21-32(44)45)23-16-13-12-15-22-37-29(40)18-20-31(42)43/h27-28,39H,9-26H2,1-8H3,(H,37,40)(H,42,43)(H,44,45).